The molecule has 1 aromatic heterocycles. The second-order valence-electron chi connectivity index (χ2n) is 6.26. The van der Waals surface area contributed by atoms with Crippen LogP contribution in [0.3, 0.4) is 0 Å². The zero-order chi connectivity index (χ0) is 18.0. The summed E-state index contributed by atoms with van der Waals surface area (Å²) in [4.78, 5) is 29.4. The molecule has 5 nitrogen and oxygen atoms in total. The van der Waals surface area contributed by atoms with Gasteiger partial charge in [0.05, 0.1) is 17.5 Å². The van der Waals surface area contributed by atoms with Crippen molar-refractivity contribution in [1.29, 1.82) is 0 Å². The zero-order valence-corrected chi connectivity index (χ0v) is 15.4. The van der Waals surface area contributed by atoms with E-state index in [1.807, 2.05) is 19.1 Å². The van der Waals surface area contributed by atoms with Crippen LogP contribution in [0, 0.1) is 18.8 Å². The molecule has 1 heterocycles. The van der Waals surface area contributed by atoms with E-state index in [0.717, 1.165) is 29.0 Å². The molecule has 2 aromatic rings. The Morgan fingerprint density at radius 3 is 2.48 bits per heavy atom. The number of aryl methyl sites for hydroxylation is 1. The number of hydrogen-bond donors (Lipinski definition) is 2. The lowest BCUT2D eigenvalue weighted by Crippen LogP contribution is -2.36. The molecule has 0 aliphatic heterocycles. The third-order valence-electron chi connectivity index (χ3n) is 4.56. The maximum absolute atomic E-state index is 12.6. The molecule has 0 bridgehead atoms. The average Bonchev–Trinajstić information content (AvgIpc) is 2.95. The van der Waals surface area contributed by atoms with Crippen molar-refractivity contribution in [3.8, 4) is 11.3 Å². The van der Waals surface area contributed by atoms with Crippen LogP contribution in [0.4, 0.5) is 5.13 Å². The Morgan fingerprint density at radius 1 is 1.20 bits per heavy atom. The number of carbonyl (C=O) groups is 2. The van der Waals surface area contributed by atoms with Gasteiger partial charge in [0, 0.05) is 15.5 Å². The largest absolute Gasteiger partial charge is 0.481 e. The molecule has 25 heavy (non-hydrogen) atoms. The van der Waals surface area contributed by atoms with Crippen molar-refractivity contribution < 1.29 is 14.7 Å². The molecule has 1 saturated carbocycles. The summed E-state index contributed by atoms with van der Waals surface area (Å²) in [7, 11) is 0. The number of aliphatic carboxylic acids is 1. The van der Waals surface area contributed by atoms with E-state index in [0.29, 0.717) is 23.0 Å². The number of carbonyl (C=O) groups excluding carboxylic acids is 1. The van der Waals surface area contributed by atoms with Crippen LogP contribution in [0.5, 0.6) is 0 Å². The first-order chi connectivity index (χ1) is 12.0. The van der Waals surface area contributed by atoms with Crippen LogP contribution in [0.25, 0.3) is 11.3 Å². The Hall–Kier alpha value is -1.92. The first kappa shape index (κ1) is 17.9. The van der Waals surface area contributed by atoms with Crippen molar-refractivity contribution in [3.63, 3.8) is 0 Å². The van der Waals surface area contributed by atoms with Gasteiger partial charge in [-0.3, -0.25) is 9.59 Å². The van der Waals surface area contributed by atoms with Crippen LogP contribution in [-0.2, 0) is 9.59 Å². The molecule has 0 saturated heterocycles. The van der Waals surface area contributed by atoms with Gasteiger partial charge in [0.2, 0.25) is 5.91 Å². The van der Waals surface area contributed by atoms with Crippen molar-refractivity contribution in [3.05, 3.63) is 34.2 Å². The summed E-state index contributed by atoms with van der Waals surface area (Å²) < 4.78 is 0. The summed E-state index contributed by atoms with van der Waals surface area (Å²) in [5.41, 5.74) is 1.73. The lowest BCUT2D eigenvalue weighted by molar-refractivity contribution is -0.147. The molecule has 3 rings (SSSR count). The van der Waals surface area contributed by atoms with E-state index in [2.05, 4.69) is 10.3 Å². The molecular weight excluding hydrogens is 360 g/mol. The summed E-state index contributed by atoms with van der Waals surface area (Å²) in [5, 5.41) is 13.3. The van der Waals surface area contributed by atoms with Crippen molar-refractivity contribution in [1.82, 2.24) is 4.98 Å². The number of hydrogen-bond acceptors (Lipinski definition) is 4. The minimum atomic E-state index is -0.892. The molecule has 0 spiro atoms. The highest BCUT2D eigenvalue weighted by atomic mass is 35.5. The molecule has 1 aliphatic rings. The normalized spacial score (nSPS) is 20.2. The van der Waals surface area contributed by atoms with Gasteiger partial charge in [0.15, 0.2) is 5.13 Å². The first-order valence-electron chi connectivity index (χ1n) is 8.22. The van der Waals surface area contributed by atoms with E-state index >= 15 is 0 Å². The fourth-order valence-corrected chi connectivity index (χ4v) is 4.23. The maximum Gasteiger partial charge on any atom is 0.307 e. The molecular formula is C18H19ClN2O3S. The van der Waals surface area contributed by atoms with Crippen LogP contribution in [0.1, 0.15) is 30.6 Å². The second kappa shape index (κ2) is 7.54. The Morgan fingerprint density at radius 2 is 1.84 bits per heavy atom. The zero-order valence-electron chi connectivity index (χ0n) is 13.8. The number of amides is 1. The number of nitrogens with one attached hydrogen (secondary N) is 1. The predicted octanol–water partition coefficient (Wildman–Crippen LogP) is 4.60. The van der Waals surface area contributed by atoms with Crippen LogP contribution in [0.2, 0.25) is 5.02 Å². The Balaban J connectivity index is 1.77. The van der Waals surface area contributed by atoms with E-state index in [9.17, 15) is 14.7 Å². The third-order valence-corrected chi connectivity index (χ3v) is 5.70. The van der Waals surface area contributed by atoms with Gasteiger partial charge in [-0.15, -0.1) is 11.3 Å². The van der Waals surface area contributed by atoms with Gasteiger partial charge in [-0.25, -0.2) is 4.98 Å². The number of carboxylic acids is 1. The summed E-state index contributed by atoms with van der Waals surface area (Å²) in [6.07, 6.45) is 2.91. The number of carboxylic acid groups (broad SMARTS) is 1. The predicted molar refractivity (Wildman–Crippen MR) is 99.0 cm³/mol. The average molecular weight is 379 g/mol. The number of thiazole rings is 1. The summed E-state index contributed by atoms with van der Waals surface area (Å²) in [5.74, 6) is -2.24. The van der Waals surface area contributed by atoms with Crippen molar-refractivity contribution >= 4 is 39.9 Å². The van der Waals surface area contributed by atoms with Crippen molar-refractivity contribution in [2.24, 2.45) is 11.8 Å². The van der Waals surface area contributed by atoms with E-state index in [1.165, 1.54) is 11.3 Å². The number of aromatic nitrogens is 1. The Kier molecular flexibility index (Phi) is 5.39. The second-order valence-corrected chi connectivity index (χ2v) is 7.90. The first-order valence-corrected chi connectivity index (χ1v) is 9.42. The van der Waals surface area contributed by atoms with Crippen LogP contribution in [-0.4, -0.2) is 22.0 Å². The van der Waals surface area contributed by atoms with Gasteiger partial charge in [0.1, 0.15) is 0 Å². The third kappa shape index (κ3) is 4.02. The van der Waals surface area contributed by atoms with Gasteiger partial charge < -0.3 is 10.4 Å². The number of benzene rings is 1. The van der Waals surface area contributed by atoms with Gasteiger partial charge in [-0.2, -0.15) is 0 Å². The molecule has 2 atom stereocenters. The molecule has 0 radical (unpaired) electrons. The molecule has 0 unspecified atom stereocenters. The van der Waals surface area contributed by atoms with Gasteiger partial charge in [0.25, 0.3) is 0 Å². The minimum Gasteiger partial charge on any atom is -0.481 e. The fourth-order valence-electron chi connectivity index (χ4n) is 3.26. The molecule has 1 amide bonds. The lowest BCUT2D eigenvalue weighted by atomic mass is 9.79. The fraction of sp³-hybridized carbons (Fsp3) is 0.389. The number of rotatable bonds is 4. The Labute approximate surface area is 155 Å². The van der Waals surface area contributed by atoms with Crippen molar-refractivity contribution in [2.45, 2.75) is 32.6 Å². The maximum atomic E-state index is 12.6. The topological polar surface area (TPSA) is 79.3 Å². The lowest BCUT2D eigenvalue weighted by Gasteiger charge is -2.26. The monoisotopic (exact) mass is 378 g/mol. The summed E-state index contributed by atoms with van der Waals surface area (Å²) in [6.45, 7) is 1.94. The van der Waals surface area contributed by atoms with Gasteiger partial charge in [-0.1, -0.05) is 36.6 Å². The summed E-state index contributed by atoms with van der Waals surface area (Å²) >= 11 is 7.31. The van der Waals surface area contributed by atoms with Crippen LogP contribution < -0.4 is 5.32 Å². The number of halogens is 1. The standard InChI is InChI=1S/C18H19ClN2O3S/c1-10-15(11-6-8-12(19)9-7-11)20-18(25-10)21-16(22)13-4-2-3-5-14(13)17(23)24/h6-9,13-14H,2-5H2,1H3,(H,23,24)(H,20,21,22)/t13-,14-/m0/s1. The van der Waals surface area contributed by atoms with E-state index in [1.54, 1.807) is 12.1 Å². The Bertz CT molecular complexity index is 788. The highest BCUT2D eigenvalue weighted by Gasteiger charge is 2.36. The van der Waals surface area contributed by atoms with Gasteiger partial charge >= 0.3 is 5.97 Å². The molecule has 1 aromatic carbocycles. The van der Waals surface area contributed by atoms with Crippen molar-refractivity contribution in [2.75, 3.05) is 5.32 Å². The molecule has 1 fully saturated rings. The van der Waals surface area contributed by atoms with E-state index in [4.69, 9.17) is 11.6 Å². The van der Waals surface area contributed by atoms with Crippen LogP contribution in [0.15, 0.2) is 24.3 Å². The molecule has 2 N–H and O–H groups in total. The van der Waals surface area contributed by atoms with Gasteiger partial charge in [-0.05, 0) is 31.9 Å². The smallest absolute Gasteiger partial charge is 0.307 e. The molecule has 1 aliphatic carbocycles. The van der Waals surface area contributed by atoms with E-state index in [-0.39, 0.29) is 5.91 Å². The summed E-state index contributed by atoms with van der Waals surface area (Å²) in [6, 6.07) is 7.37. The highest BCUT2D eigenvalue weighted by Crippen LogP contribution is 2.34. The minimum absolute atomic E-state index is 0.247. The molecule has 132 valence electrons. The SMILES string of the molecule is Cc1sc(NC(=O)[C@H]2CCCC[C@@H]2C(=O)O)nc1-c1ccc(Cl)cc1. The highest BCUT2D eigenvalue weighted by molar-refractivity contribution is 7.16. The number of anilines is 1. The quantitative estimate of drug-likeness (QED) is 0.814. The van der Waals surface area contributed by atoms with E-state index < -0.39 is 17.8 Å². The van der Waals surface area contributed by atoms with Crippen LogP contribution >= 0.6 is 22.9 Å². The molecule has 7 heteroatoms. The number of nitrogens with zero attached hydrogens (tertiary/aromatic N) is 1.